The Morgan fingerprint density at radius 3 is 2.71 bits per heavy atom. The molecule has 5 nitrogen and oxygen atoms in total. The highest BCUT2D eigenvalue weighted by Gasteiger charge is 2.31. The van der Waals surface area contributed by atoms with E-state index in [-0.39, 0.29) is 12.1 Å². The van der Waals surface area contributed by atoms with Crippen molar-refractivity contribution < 1.29 is 14.3 Å². The van der Waals surface area contributed by atoms with Crippen LogP contribution < -0.4 is 15.4 Å². The minimum Gasteiger partial charge on any atom is -0.492 e. The average Bonchev–Trinajstić information content (AvgIpc) is 2.47. The number of esters is 1. The predicted molar refractivity (Wildman–Crippen MR) is 98.2 cm³/mol. The third-order valence-corrected chi connectivity index (χ3v) is 3.94. The summed E-state index contributed by atoms with van der Waals surface area (Å²) in [6.07, 6.45) is -0.212. The van der Waals surface area contributed by atoms with E-state index in [0.717, 1.165) is 5.56 Å². The van der Waals surface area contributed by atoms with Gasteiger partial charge in [-0.2, -0.15) is 0 Å². The molecular formula is C17H21ClN2O3S. The van der Waals surface area contributed by atoms with Gasteiger partial charge < -0.3 is 20.1 Å². The molecular weight excluding hydrogens is 348 g/mol. The van der Waals surface area contributed by atoms with Crippen LogP contribution in [-0.4, -0.2) is 23.8 Å². The van der Waals surface area contributed by atoms with Crippen molar-refractivity contribution in [2.24, 2.45) is 0 Å². The van der Waals surface area contributed by atoms with Gasteiger partial charge in [0.25, 0.3) is 0 Å². The molecule has 2 N–H and O–H groups in total. The molecule has 0 bridgehead atoms. The van der Waals surface area contributed by atoms with Crippen molar-refractivity contribution in [1.29, 1.82) is 0 Å². The molecule has 24 heavy (non-hydrogen) atoms. The molecule has 0 aliphatic carbocycles. The SMILES string of the molecule is CCOc1ccc([C@@H]2NC(=S)NC(C)=C2C(=O)OC(C)C)cc1Cl. The summed E-state index contributed by atoms with van der Waals surface area (Å²) in [6.45, 7) is 7.84. The van der Waals surface area contributed by atoms with Gasteiger partial charge in [-0.05, 0) is 57.6 Å². The van der Waals surface area contributed by atoms with Crippen molar-refractivity contribution in [2.75, 3.05) is 6.61 Å². The van der Waals surface area contributed by atoms with Gasteiger partial charge >= 0.3 is 5.97 Å². The number of carbonyl (C=O) groups is 1. The second kappa shape index (κ2) is 7.85. The molecule has 130 valence electrons. The number of allylic oxidation sites excluding steroid dienone is 1. The van der Waals surface area contributed by atoms with E-state index in [1.807, 2.05) is 26.8 Å². The lowest BCUT2D eigenvalue weighted by Crippen LogP contribution is -2.45. The zero-order chi connectivity index (χ0) is 17.9. The van der Waals surface area contributed by atoms with Crippen LogP contribution in [0.5, 0.6) is 5.75 Å². The minimum absolute atomic E-state index is 0.212. The third kappa shape index (κ3) is 4.19. The summed E-state index contributed by atoms with van der Waals surface area (Å²) in [7, 11) is 0. The van der Waals surface area contributed by atoms with Gasteiger partial charge in [0.1, 0.15) is 5.75 Å². The Hall–Kier alpha value is -1.79. The first-order valence-electron chi connectivity index (χ1n) is 7.75. The second-order valence-corrected chi connectivity index (χ2v) is 6.46. The lowest BCUT2D eigenvalue weighted by molar-refractivity contribution is -0.143. The third-order valence-electron chi connectivity index (χ3n) is 3.42. The number of benzene rings is 1. The average molecular weight is 369 g/mol. The van der Waals surface area contributed by atoms with E-state index >= 15 is 0 Å². The van der Waals surface area contributed by atoms with Crippen LogP contribution in [0.15, 0.2) is 29.5 Å². The molecule has 0 spiro atoms. The molecule has 0 fully saturated rings. The molecule has 0 saturated carbocycles. The van der Waals surface area contributed by atoms with Gasteiger partial charge in [0.05, 0.1) is 29.3 Å². The van der Waals surface area contributed by atoms with E-state index < -0.39 is 6.04 Å². The van der Waals surface area contributed by atoms with Crippen LogP contribution in [0.3, 0.4) is 0 Å². The number of ether oxygens (including phenoxy) is 2. The molecule has 0 saturated heterocycles. The first-order chi connectivity index (χ1) is 11.3. The van der Waals surface area contributed by atoms with Crippen LogP contribution in [0.2, 0.25) is 5.02 Å². The Balaban J connectivity index is 2.41. The number of thiocarbonyl (C=S) groups is 1. The maximum atomic E-state index is 12.5. The quantitative estimate of drug-likeness (QED) is 0.613. The van der Waals surface area contributed by atoms with Crippen LogP contribution in [0.25, 0.3) is 0 Å². The molecule has 1 aliphatic rings. The molecule has 0 radical (unpaired) electrons. The van der Waals surface area contributed by atoms with Crippen LogP contribution >= 0.6 is 23.8 Å². The summed E-state index contributed by atoms with van der Waals surface area (Å²) in [5.41, 5.74) is 1.96. The monoisotopic (exact) mass is 368 g/mol. The molecule has 1 atom stereocenters. The smallest absolute Gasteiger partial charge is 0.338 e. The summed E-state index contributed by atoms with van der Waals surface area (Å²) in [4.78, 5) is 12.5. The van der Waals surface area contributed by atoms with E-state index in [1.54, 1.807) is 19.1 Å². The van der Waals surface area contributed by atoms with E-state index in [0.29, 0.717) is 33.8 Å². The Labute approximate surface area is 152 Å². The number of hydrogen-bond donors (Lipinski definition) is 2. The highest BCUT2D eigenvalue weighted by Crippen LogP contribution is 2.33. The maximum Gasteiger partial charge on any atom is 0.338 e. The highest BCUT2D eigenvalue weighted by atomic mass is 35.5. The number of hydrogen-bond acceptors (Lipinski definition) is 4. The first kappa shape index (κ1) is 18.5. The molecule has 0 aromatic heterocycles. The number of halogens is 1. The lowest BCUT2D eigenvalue weighted by atomic mass is 9.95. The van der Waals surface area contributed by atoms with Crippen LogP contribution in [-0.2, 0) is 9.53 Å². The van der Waals surface area contributed by atoms with Gasteiger partial charge in [-0.3, -0.25) is 0 Å². The van der Waals surface area contributed by atoms with Crippen molar-refractivity contribution in [3.8, 4) is 5.75 Å². The van der Waals surface area contributed by atoms with Gasteiger partial charge in [0.15, 0.2) is 5.11 Å². The fraction of sp³-hybridized carbons (Fsp3) is 0.412. The van der Waals surface area contributed by atoms with Gasteiger partial charge in [0, 0.05) is 5.70 Å². The molecule has 0 amide bonds. The Morgan fingerprint density at radius 2 is 2.12 bits per heavy atom. The number of rotatable bonds is 5. The number of nitrogens with one attached hydrogen (secondary N) is 2. The van der Waals surface area contributed by atoms with E-state index in [2.05, 4.69) is 10.6 Å². The lowest BCUT2D eigenvalue weighted by Gasteiger charge is -2.30. The second-order valence-electron chi connectivity index (χ2n) is 5.65. The minimum atomic E-state index is -0.432. The van der Waals surface area contributed by atoms with Crippen molar-refractivity contribution in [2.45, 2.75) is 39.8 Å². The predicted octanol–water partition coefficient (Wildman–Crippen LogP) is 3.48. The normalized spacial score (nSPS) is 17.4. The molecule has 1 heterocycles. The van der Waals surface area contributed by atoms with Crippen molar-refractivity contribution in [3.05, 3.63) is 40.1 Å². The first-order valence-corrected chi connectivity index (χ1v) is 8.53. The fourth-order valence-electron chi connectivity index (χ4n) is 2.46. The highest BCUT2D eigenvalue weighted by molar-refractivity contribution is 7.80. The summed E-state index contributed by atoms with van der Waals surface area (Å²) < 4.78 is 10.8. The van der Waals surface area contributed by atoms with Crippen LogP contribution in [0.4, 0.5) is 0 Å². The molecule has 7 heteroatoms. The zero-order valence-electron chi connectivity index (χ0n) is 14.1. The summed E-state index contributed by atoms with van der Waals surface area (Å²) in [5, 5.41) is 7.01. The van der Waals surface area contributed by atoms with Gasteiger partial charge in [-0.1, -0.05) is 17.7 Å². The van der Waals surface area contributed by atoms with Crippen molar-refractivity contribution in [1.82, 2.24) is 10.6 Å². The van der Waals surface area contributed by atoms with Crippen LogP contribution in [0, 0.1) is 0 Å². The zero-order valence-corrected chi connectivity index (χ0v) is 15.7. The fourth-order valence-corrected chi connectivity index (χ4v) is 2.98. The van der Waals surface area contributed by atoms with Gasteiger partial charge in [-0.25, -0.2) is 4.79 Å². The summed E-state index contributed by atoms with van der Waals surface area (Å²) in [5.74, 6) is 0.214. The number of carbonyl (C=O) groups excluding carboxylic acids is 1. The Bertz CT molecular complexity index is 688. The molecule has 2 rings (SSSR count). The largest absolute Gasteiger partial charge is 0.492 e. The molecule has 1 aromatic rings. The van der Waals surface area contributed by atoms with Gasteiger partial charge in [0.2, 0.25) is 0 Å². The van der Waals surface area contributed by atoms with Crippen LogP contribution in [0.1, 0.15) is 39.3 Å². The topological polar surface area (TPSA) is 59.6 Å². The Kier molecular flexibility index (Phi) is 6.07. The summed E-state index contributed by atoms with van der Waals surface area (Å²) in [6, 6.07) is 4.99. The van der Waals surface area contributed by atoms with Crippen molar-refractivity contribution in [3.63, 3.8) is 0 Å². The molecule has 0 unspecified atom stereocenters. The van der Waals surface area contributed by atoms with E-state index in [4.69, 9.17) is 33.3 Å². The standard InChI is InChI=1S/C17H21ClN2O3S/c1-5-22-13-7-6-11(8-12(13)18)15-14(16(21)23-9(2)3)10(4)19-17(24)20-15/h6-9,15H,5H2,1-4H3,(H2,19,20,24)/t15-/m0/s1. The van der Waals surface area contributed by atoms with Crippen molar-refractivity contribution >= 4 is 34.9 Å². The van der Waals surface area contributed by atoms with Gasteiger partial charge in [-0.15, -0.1) is 0 Å². The maximum absolute atomic E-state index is 12.5. The summed E-state index contributed by atoms with van der Waals surface area (Å²) >= 11 is 11.5. The van der Waals surface area contributed by atoms with E-state index in [9.17, 15) is 4.79 Å². The molecule has 1 aromatic carbocycles. The van der Waals surface area contributed by atoms with E-state index in [1.165, 1.54) is 0 Å². The Morgan fingerprint density at radius 1 is 1.42 bits per heavy atom. The molecule has 1 aliphatic heterocycles.